The van der Waals surface area contributed by atoms with E-state index in [0.717, 1.165) is 52.2 Å². The van der Waals surface area contributed by atoms with Crippen LogP contribution in [0.15, 0.2) is 0 Å². The summed E-state index contributed by atoms with van der Waals surface area (Å²) in [4.78, 5) is 35.1. The average molecular weight is 707 g/mol. The topological polar surface area (TPSA) is 65.6 Å². The fourth-order valence-corrected chi connectivity index (χ4v) is 7.94. The highest BCUT2D eigenvalue weighted by atomic mass is 16.5. The first-order valence-electron chi connectivity index (χ1n) is 21.6. The Bertz CT molecular complexity index is 770. The van der Waals surface area contributed by atoms with Crippen LogP contribution in [0.1, 0.15) is 181 Å². The first kappa shape index (κ1) is 44.9. The van der Waals surface area contributed by atoms with Crippen LogP contribution >= 0.6 is 0 Å². The number of esters is 2. The Labute approximate surface area is 309 Å². The fourth-order valence-electron chi connectivity index (χ4n) is 7.94. The van der Waals surface area contributed by atoms with E-state index in [-0.39, 0.29) is 11.9 Å². The average Bonchev–Trinajstić information content (AvgIpc) is 3.10. The van der Waals surface area contributed by atoms with E-state index in [1.165, 1.54) is 128 Å². The Morgan fingerprint density at radius 2 is 0.920 bits per heavy atom. The molecule has 0 aromatic rings. The first-order chi connectivity index (χ1) is 24.4. The van der Waals surface area contributed by atoms with E-state index >= 15 is 0 Å². The lowest BCUT2D eigenvalue weighted by Crippen LogP contribution is -2.56. The molecule has 8 nitrogen and oxygen atoms in total. The molecule has 294 valence electrons. The van der Waals surface area contributed by atoms with Crippen molar-refractivity contribution in [3.8, 4) is 0 Å². The van der Waals surface area contributed by atoms with Gasteiger partial charge in [0, 0.05) is 25.7 Å². The van der Waals surface area contributed by atoms with Crippen molar-refractivity contribution in [1.29, 1.82) is 0 Å². The summed E-state index contributed by atoms with van der Waals surface area (Å²) in [6.07, 6.45) is 31.2. The van der Waals surface area contributed by atoms with Crippen LogP contribution in [-0.2, 0) is 19.1 Å². The smallest absolute Gasteiger partial charge is 0.307 e. The Morgan fingerprint density at radius 3 is 1.32 bits per heavy atom. The third-order valence-electron chi connectivity index (χ3n) is 11.0. The minimum absolute atomic E-state index is 0.100. The van der Waals surface area contributed by atoms with Crippen molar-refractivity contribution in [2.24, 2.45) is 5.92 Å². The van der Waals surface area contributed by atoms with Crippen molar-refractivity contribution < 1.29 is 19.1 Å². The second kappa shape index (κ2) is 30.3. The molecule has 0 amide bonds. The standard InChI is InChI=1S/C42H82N4O4/c1-5-7-9-11-13-15-17-19-21-23-33-49-41(47)29-31-45(32-30-42(48)50-34-24-22-20-18-16-14-12-10-8-6-2)35-39-25-27-40(28-26-39)46-37-43(3)36-44(4)38-46/h39-40H,5-38H2,1-4H3. The monoisotopic (exact) mass is 707 g/mol. The molecule has 2 rings (SSSR count). The molecule has 1 heterocycles. The van der Waals surface area contributed by atoms with E-state index in [4.69, 9.17) is 9.47 Å². The number of ether oxygens (including phenoxy) is 2. The number of unbranched alkanes of at least 4 members (excludes halogenated alkanes) is 18. The van der Waals surface area contributed by atoms with E-state index in [2.05, 4.69) is 47.5 Å². The molecule has 0 aromatic heterocycles. The molecule has 0 N–H and O–H groups in total. The molecule has 0 radical (unpaired) electrons. The second-order valence-electron chi connectivity index (χ2n) is 16.0. The van der Waals surface area contributed by atoms with Crippen molar-refractivity contribution in [3.05, 3.63) is 0 Å². The van der Waals surface area contributed by atoms with E-state index < -0.39 is 0 Å². The number of carbonyl (C=O) groups is 2. The van der Waals surface area contributed by atoms with E-state index in [0.29, 0.717) is 51.1 Å². The summed E-state index contributed by atoms with van der Waals surface area (Å²) in [7, 11) is 4.41. The maximum Gasteiger partial charge on any atom is 0.307 e. The zero-order chi connectivity index (χ0) is 36.1. The third kappa shape index (κ3) is 23.4. The van der Waals surface area contributed by atoms with E-state index in [1.54, 1.807) is 0 Å². The zero-order valence-corrected chi connectivity index (χ0v) is 33.6. The molecule has 1 saturated heterocycles. The number of carbonyl (C=O) groups excluding carboxylic acids is 2. The molecule has 2 fully saturated rings. The lowest BCUT2D eigenvalue weighted by molar-refractivity contribution is -0.144. The van der Waals surface area contributed by atoms with E-state index in [1.807, 2.05) is 0 Å². The molecular formula is C42H82N4O4. The van der Waals surface area contributed by atoms with Gasteiger partial charge in [0.05, 0.1) is 46.1 Å². The van der Waals surface area contributed by atoms with Gasteiger partial charge in [0.2, 0.25) is 0 Å². The zero-order valence-electron chi connectivity index (χ0n) is 33.6. The van der Waals surface area contributed by atoms with Crippen molar-refractivity contribution in [2.45, 2.75) is 187 Å². The SMILES string of the molecule is CCCCCCCCCCCCOC(=O)CCN(CCC(=O)OCCCCCCCCCCCC)CC1CCC(N2CN(C)CN(C)C2)CC1. The highest BCUT2D eigenvalue weighted by molar-refractivity contribution is 5.70. The van der Waals surface area contributed by atoms with Gasteiger partial charge in [-0.3, -0.25) is 24.3 Å². The predicted molar refractivity (Wildman–Crippen MR) is 209 cm³/mol. The molecule has 0 bridgehead atoms. The van der Waals surface area contributed by atoms with Crippen LogP contribution < -0.4 is 0 Å². The quantitative estimate of drug-likeness (QED) is 0.0522. The van der Waals surface area contributed by atoms with Gasteiger partial charge in [-0.05, 0) is 58.5 Å². The van der Waals surface area contributed by atoms with Gasteiger partial charge in [-0.1, -0.05) is 129 Å². The summed E-state index contributed by atoms with van der Waals surface area (Å²) >= 11 is 0. The van der Waals surface area contributed by atoms with Gasteiger partial charge in [0.15, 0.2) is 0 Å². The summed E-state index contributed by atoms with van der Waals surface area (Å²) in [5, 5.41) is 0. The molecule has 0 spiro atoms. The van der Waals surface area contributed by atoms with Gasteiger partial charge in [-0.25, -0.2) is 0 Å². The van der Waals surface area contributed by atoms with Gasteiger partial charge in [0.1, 0.15) is 0 Å². The van der Waals surface area contributed by atoms with Crippen molar-refractivity contribution >= 4 is 11.9 Å². The van der Waals surface area contributed by atoms with Crippen LogP contribution in [0.5, 0.6) is 0 Å². The van der Waals surface area contributed by atoms with Crippen LogP contribution in [0.3, 0.4) is 0 Å². The number of rotatable bonds is 31. The van der Waals surface area contributed by atoms with Gasteiger partial charge < -0.3 is 14.4 Å². The van der Waals surface area contributed by atoms with Crippen molar-refractivity contribution in [2.75, 3.05) is 66.9 Å². The second-order valence-corrected chi connectivity index (χ2v) is 16.0. The van der Waals surface area contributed by atoms with Crippen LogP contribution in [0.4, 0.5) is 0 Å². The predicted octanol–water partition coefficient (Wildman–Crippen LogP) is 9.61. The first-order valence-corrected chi connectivity index (χ1v) is 21.6. The number of nitrogens with zero attached hydrogens (tertiary/aromatic N) is 4. The highest BCUT2D eigenvalue weighted by Crippen LogP contribution is 2.29. The molecule has 2 aliphatic rings. The molecule has 1 aliphatic carbocycles. The van der Waals surface area contributed by atoms with Crippen LogP contribution in [0, 0.1) is 5.92 Å². The largest absolute Gasteiger partial charge is 0.466 e. The summed E-state index contributed by atoms with van der Waals surface area (Å²) in [5.41, 5.74) is 0. The Balaban J connectivity index is 1.66. The summed E-state index contributed by atoms with van der Waals surface area (Å²) in [6, 6.07) is 0.645. The van der Waals surface area contributed by atoms with Crippen LogP contribution in [0.25, 0.3) is 0 Å². The summed E-state index contributed by atoms with van der Waals surface area (Å²) in [5.74, 6) is 0.407. The lowest BCUT2D eigenvalue weighted by Gasteiger charge is -2.45. The molecular weight excluding hydrogens is 624 g/mol. The lowest BCUT2D eigenvalue weighted by atomic mass is 9.85. The number of hydrogen-bond acceptors (Lipinski definition) is 8. The molecule has 1 aliphatic heterocycles. The molecule has 0 aromatic carbocycles. The maximum absolute atomic E-state index is 12.7. The Morgan fingerprint density at radius 1 is 0.540 bits per heavy atom. The third-order valence-corrected chi connectivity index (χ3v) is 11.0. The van der Waals surface area contributed by atoms with Crippen molar-refractivity contribution in [1.82, 2.24) is 19.6 Å². The minimum atomic E-state index is -0.100. The fraction of sp³-hybridized carbons (Fsp3) is 0.952. The Hall–Kier alpha value is -1.22. The van der Waals surface area contributed by atoms with Crippen LogP contribution in [0.2, 0.25) is 0 Å². The molecule has 0 atom stereocenters. The minimum Gasteiger partial charge on any atom is -0.466 e. The Kier molecular flexibility index (Phi) is 27.2. The summed E-state index contributed by atoms with van der Waals surface area (Å²) < 4.78 is 11.3. The van der Waals surface area contributed by atoms with Crippen LogP contribution in [-0.4, -0.2) is 105 Å². The molecule has 8 heteroatoms. The molecule has 0 unspecified atom stereocenters. The van der Waals surface area contributed by atoms with E-state index in [9.17, 15) is 9.59 Å². The van der Waals surface area contributed by atoms with Gasteiger partial charge >= 0.3 is 11.9 Å². The van der Waals surface area contributed by atoms with Gasteiger partial charge in [-0.15, -0.1) is 0 Å². The van der Waals surface area contributed by atoms with Gasteiger partial charge in [0.25, 0.3) is 0 Å². The molecule has 1 saturated carbocycles. The molecule has 50 heavy (non-hydrogen) atoms. The highest BCUT2D eigenvalue weighted by Gasteiger charge is 2.30. The normalized spacial score (nSPS) is 19.3. The maximum atomic E-state index is 12.7. The number of hydrogen-bond donors (Lipinski definition) is 0. The van der Waals surface area contributed by atoms with Crippen molar-refractivity contribution in [3.63, 3.8) is 0 Å². The summed E-state index contributed by atoms with van der Waals surface area (Å²) in [6.45, 7) is 11.0. The van der Waals surface area contributed by atoms with Gasteiger partial charge in [-0.2, -0.15) is 0 Å².